The van der Waals surface area contributed by atoms with E-state index in [-0.39, 0.29) is 0 Å². The highest BCUT2D eigenvalue weighted by Gasteiger charge is 2.26. The molecule has 2 aliphatic rings. The summed E-state index contributed by atoms with van der Waals surface area (Å²) in [5.74, 6) is 1.90. The van der Waals surface area contributed by atoms with Gasteiger partial charge in [0.1, 0.15) is 28.5 Å². The fourth-order valence-electron chi connectivity index (χ4n) is 5.14. The fourth-order valence-corrected chi connectivity index (χ4v) is 5.14. The van der Waals surface area contributed by atoms with Crippen molar-refractivity contribution in [3.05, 3.63) is 71.7 Å². The van der Waals surface area contributed by atoms with E-state index in [1.807, 2.05) is 40.4 Å². The lowest BCUT2D eigenvalue weighted by Gasteiger charge is -2.13. The summed E-state index contributed by atoms with van der Waals surface area (Å²) < 4.78 is 9.63. The summed E-state index contributed by atoms with van der Waals surface area (Å²) in [5.41, 5.74) is 13.5. The third-order valence-electron chi connectivity index (χ3n) is 6.89. The summed E-state index contributed by atoms with van der Waals surface area (Å²) in [6.07, 6.45) is 7.53. The maximum atomic E-state index is 6.30. The van der Waals surface area contributed by atoms with Crippen molar-refractivity contribution in [2.45, 2.75) is 25.7 Å². The Bertz CT molecular complexity index is 1730. The van der Waals surface area contributed by atoms with E-state index < -0.39 is 0 Å². The lowest BCUT2D eigenvalue weighted by Crippen LogP contribution is -2.09. The number of nitrogen functional groups attached to an aromatic ring is 1. The van der Waals surface area contributed by atoms with Crippen LogP contribution in [-0.2, 0) is 6.42 Å². The molecule has 7 rings (SSSR count). The summed E-state index contributed by atoms with van der Waals surface area (Å²) in [7, 11) is 0. The number of benzene rings is 1. The molecule has 0 amide bonds. The molecule has 1 aliphatic heterocycles. The van der Waals surface area contributed by atoms with E-state index >= 15 is 0 Å². The molecular weight excluding hydrogens is 466 g/mol. The number of hydrogen-bond acceptors (Lipinski definition) is 8. The Hall–Kier alpha value is -4.73. The standard InChI is InChI=1S/C27H24N9O/c1-16-15-37-27(31-16)23-9-8-22-26(33-23)36(25(32-22)21-3-2-10-29-24(21)28)19-6-7-20-17(13-19)4-5-18(20)14-35-12-11-30-34-35/h2-3,6-10,13-15,18H,4-5,11-12H2,1H3,(H2,28,29)/q+1/b35-14+. The second-order valence-corrected chi connectivity index (χ2v) is 9.34. The molecule has 0 saturated heterocycles. The van der Waals surface area contributed by atoms with Crippen molar-refractivity contribution in [2.24, 2.45) is 10.3 Å². The Kier molecular flexibility index (Phi) is 4.91. The molecule has 1 atom stereocenters. The van der Waals surface area contributed by atoms with Gasteiger partial charge >= 0.3 is 0 Å². The summed E-state index contributed by atoms with van der Waals surface area (Å²) in [5, 5.41) is 8.30. The van der Waals surface area contributed by atoms with Gasteiger partial charge in [0.2, 0.25) is 5.89 Å². The van der Waals surface area contributed by atoms with Crippen molar-refractivity contribution in [3.63, 3.8) is 0 Å². The average Bonchev–Trinajstić information content (AvgIpc) is 3.71. The van der Waals surface area contributed by atoms with Crippen LogP contribution < -0.4 is 5.73 Å². The lowest BCUT2D eigenvalue weighted by molar-refractivity contribution is -0.520. The summed E-state index contributed by atoms with van der Waals surface area (Å²) in [4.78, 5) is 18.6. The molecule has 0 fully saturated rings. The van der Waals surface area contributed by atoms with Gasteiger partial charge in [0.25, 0.3) is 0 Å². The number of oxazole rings is 1. The van der Waals surface area contributed by atoms with Crippen molar-refractivity contribution in [1.29, 1.82) is 0 Å². The first-order chi connectivity index (χ1) is 18.1. The van der Waals surface area contributed by atoms with Crippen molar-refractivity contribution in [3.8, 4) is 28.7 Å². The maximum absolute atomic E-state index is 6.30. The monoisotopic (exact) mass is 490 g/mol. The zero-order chi connectivity index (χ0) is 24.9. The molecule has 1 aliphatic carbocycles. The number of rotatable bonds is 4. The second-order valence-electron chi connectivity index (χ2n) is 9.34. The van der Waals surface area contributed by atoms with Crippen LogP contribution in [0, 0.1) is 6.92 Å². The number of imidazole rings is 1. The van der Waals surface area contributed by atoms with Crippen LogP contribution in [0.4, 0.5) is 5.82 Å². The van der Waals surface area contributed by atoms with Gasteiger partial charge in [0.05, 0.1) is 17.5 Å². The molecule has 0 spiro atoms. The van der Waals surface area contributed by atoms with Crippen LogP contribution in [0.15, 0.2) is 69.7 Å². The highest BCUT2D eigenvalue weighted by molar-refractivity contribution is 5.84. The predicted octanol–water partition coefficient (Wildman–Crippen LogP) is 4.52. The Labute approximate surface area is 212 Å². The third-order valence-corrected chi connectivity index (χ3v) is 6.89. The number of anilines is 1. The molecule has 0 bridgehead atoms. The number of hydrogen-bond donors (Lipinski definition) is 1. The van der Waals surface area contributed by atoms with Gasteiger partial charge < -0.3 is 10.2 Å². The lowest BCUT2D eigenvalue weighted by atomic mass is 10.0. The quantitative estimate of drug-likeness (QED) is 0.369. The first kappa shape index (κ1) is 21.5. The number of pyridine rings is 2. The summed E-state index contributed by atoms with van der Waals surface area (Å²) in [6, 6.07) is 14.2. The van der Waals surface area contributed by atoms with Crippen LogP contribution in [-0.4, -0.2) is 48.5 Å². The zero-order valence-corrected chi connectivity index (χ0v) is 20.2. The van der Waals surface area contributed by atoms with E-state index in [4.69, 9.17) is 20.1 Å². The van der Waals surface area contributed by atoms with E-state index in [2.05, 4.69) is 44.7 Å². The normalized spacial score (nSPS) is 17.8. The first-order valence-electron chi connectivity index (χ1n) is 12.3. The first-order valence-corrected chi connectivity index (χ1v) is 12.3. The average molecular weight is 491 g/mol. The van der Waals surface area contributed by atoms with E-state index in [0.717, 1.165) is 48.4 Å². The van der Waals surface area contributed by atoms with Crippen LogP contribution >= 0.6 is 0 Å². The molecule has 0 radical (unpaired) electrons. The predicted molar refractivity (Wildman–Crippen MR) is 139 cm³/mol. The SMILES string of the molecule is Cc1coc(-c2ccc3nc(-c4cccnc4N)n(-c4ccc5c(c4)CCC5/C=[N+]4\CCN=N4)c3n2)n1. The molecule has 0 saturated carbocycles. The third kappa shape index (κ3) is 3.68. The molecule has 37 heavy (non-hydrogen) atoms. The minimum Gasteiger partial charge on any atom is -0.443 e. The van der Waals surface area contributed by atoms with E-state index in [0.29, 0.717) is 34.8 Å². The smallest absolute Gasteiger partial charge is 0.245 e. The highest BCUT2D eigenvalue weighted by Crippen LogP contribution is 2.36. The topological polar surface area (TPSA) is 123 Å². The van der Waals surface area contributed by atoms with Gasteiger partial charge in [0.15, 0.2) is 24.6 Å². The van der Waals surface area contributed by atoms with Gasteiger partial charge in [-0.2, -0.15) is 0 Å². The summed E-state index contributed by atoms with van der Waals surface area (Å²) in [6.45, 7) is 3.49. The number of aryl methyl sites for hydroxylation is 2. The van der Waals surface area contributed by atoms with Crippen molar-refractivity contribution in [2.75, 3.05) is 18.8 Å². The zero-order valence-electron chi connectivity index (χ0n) is 20.2. The minimum atomic E-state index is 0.326. The number of nitrogens with two attached hydrogens (primary N) is 1. The molecule has 10 nitrogen and oxygen atoms in total. The number of nitrogens with zero attached hydrogens (tertiary/aromatic N) is 8. The van der Waals surface area contributed by atoms with Gasteiger partial charge in [-0.1, -0.05) is 6.07 Å². The van der Waals surface area contributed by atoms with Crippen LogP contribution in [0.2, 0.25) is 0 Å². The second kappa shape index (κ2) is 8.44. The van der Waals surface area contributed by atoms with Crippen molar-refractivity contribution < 1.29 is 9.10 Å². The molecule has 182 valence electrons. The van der Waals surface area contributed by atoms with Crippen LogP contribution in [0.5, 0.6) is 0 Å². The molecule has 10 heteroatoms. The Balaban J connectivity index is 1.40. The summed E-state index contributed by atoms with van der Waals surface area (Å²) >= 11 is 0. The van der Waals surface area contributed by atoms with Crippen LogP contribution in [0.1, 0.15) is 29.2 Å². The van der Waals surface area contributed by atoms with Gasteiger partial charge in [-0.25, -0.2) is 19.9 Å². The van der Waals surface area contributed by atoms with E-state index in [1.54, 1.807) is 12.5 Å². The fraction of sp³-hybridized carbons (Fsp3) is 0.222. The van der Waals surface area contributed by atoms with Gasteiger partial charge in [-0.05, 0) is 67.3 Å². The van der Waals surface area contributed by atoms with Gasteiger partial charge in [-0.3, -0.25) is 4.57 Å². The maximum Gasteiger partial charge on any atom is 0.245 e. The van der Waals surface area contributed by atoms with E-state index in [1.165, 1.54) is 11.1 Å². The van der Waals surface area contributed by atoms with Crippen LogP contribution in [0.25, 0.3) is 39.8 Å². The minimum absolute atomic E-state index is 0.326. The molecule has 1 unspecified atom stereocenters. The van der Waals surface area contributed by atoms with Crippen LogP contribution in [0.3, 0.4) is 0 Å². The Morgan fingerprint density at radius 3 is 2.89 bits per heavy atom. The highest BCUT2D eigenvalue weighted by atomic mass is 16.3. The molecule has 2 N–H and O–H groups in total. The molecular formula is C27H24N9O+. The Morgan fingerprint density at radius 1 is 1.14 bits per heavy atom. The Morgan fingerprint density at radius 2 is 2.08 bits per heavy atom. The van der Waals surface area contributed by atoms with Gasteiger partial charge in [0, 0.05) is 22.9 Å². The molecule has 5 heterocycles. The molecule has 4 aromatic heterocycles. The van der Waals surface area contributed by atoms with Crippen molar-refractivity contribution in [1.82, 2.24) is 24.5 Å². The number of aromatic nitrogens is 5. The molecule has 5 aromatic rings. The number of fused-ring (bicyclic) bond motifs is 2. The van der Waals surface area contributed by atoms with Gasteiger partial charge in [-0.15, -0.1) is 4.68 Å². The largest absolute Gasteiger partial charge is 0.443 e. The van der Waals surface area contributed by atoms with E-state index in [9.17, 15) is 0 Å². The molecule has 1 aromatic carbocycles. The van der Waals surface area contributed by atoms with Crippen molar-refractivity contribution >= 4 is 23.2 Å².